The Morgan fingerprint density at radius 3 is 2.62 bits per heavy atom. The maximum Gasteiger partial charge on any atom is 0.256 e. The van der Waals surface area contributed by atoms with Crippen LogP contribution in [0.15, 0.2) is 36.7 Å². The second-order valence-electron chi connectivity index (χ2n) is 7.81. The molecule has 2 fully saturated rings. The number of carbonyl (C=O) groups is 1. The molecule has 2 aliphatic rings. The molecule has 3 aromatic rings. The number of tetrazole rings is 1. The number of fused-ring (bicyclic) bond motifs is 2. The number of nitrogens with zero attached hydrogens (tertiary/aromatic N) is 8. The lowest BCUT2D eigenvalue weighted by Crippen LogP contribution is -2.45. The fourth-order valence-corrected chi connectivity index (χ4v) is 4.48. The van der Waals surface area contributed by atoms with Crippen LogP contribution in [0.3, 0.4) is 0 Å². The minimum atomic E-state index is -0.00390. The minimum Gasteiger partial charge on any atom is -0.336 e. The van der Waals surface area contributed by atoms with Crippen LogP contribution < -0.4 is 4.90 Å². The molecule has 4 heterocycles. The first-order valence-corrected chi connectivity index (χ1v) is 9.79. The number of aromatic nitrogens is 6. The Hall–Kier alpha value is -3.36. The summed E-state index contributed by atoms with van der Waals surface area (Å²) in [6.07, 6.45) is 2.43. The van der Waals surface area contributed by atoms with Crippen molar-refractivity contribution in [2.24, 2.45) is 5.92 Å². The summed E-state index contributed by atoms with van der Waals surface area (Å²) in [7, 11) is 0. The van der Waals surface area contributed by atoms with Crippen molar-refractivity contribution in [3.63, 3.8) is 0 Å². The standard InChI is InChI=1S/C20H22N8O/c1-13-7-14(2)24-20(23-13)27-10-15-8-16(27)11-26(9-15)19(29)17-5-3-4-6-18(17)28-22-12-21-25-28/h3-7,12,15-16H,8-11H2,1-2H3. The van der Waals surface area contributed by atoms with Crippen molar-refractivity contribution in [1.29, 1.82) is 0 Å². The van der Waals surface area contributed by atoms with Crippen LogP contribution in [0, 0.1) is 19.8 Å². The molecule has 2 unspecified atom stereocenters. The average molecular weight is 390 g/mol. The Kier molecular flexibility index (Phi) is 4.22. The van der Waals surface area contributed by atoms with E-state index in [1.54, 1.807) is 0 Å². The van der Waals surface area contributed by atoms with Gasteiger partial charge in [0.1, 0.15) is 5.69 Å². The number of amides is 1. The third kappa shape index (κ3) is 3.22. The lowest BCUT2D eigenvalue weighted by Gasteiger charge is -2.33. The van der Waals surface area contributed by atoms with Crippen LogP contribution in [0.25, 0.3) is 5.69 Å². The zero-order valence-corrected chi connectivity index (χ0v) is 16.4. The first kappa shape index (κ1) is 17.7. The van der Waals surface area contributed by atoms with Crippen LogP contribution >= 0.6 is 0 Å². The molecule has 2 aliphatic heterocycles. The van der Waals surface area contributed by atoms with Gasteiger partial charge in [0, 0.05) is 37.1 Å². The third-order valence-electron chi connectivity index (χ3n) is 5.62. The molecule has 0 radical (unpaired) electrons. The number of likely N-dealkylation sites (tertiary alicyclic amines) is 1. The van der Waals surface area contributed by atoms with Gasteiger partial charge in [0.05, 0.1) is 5.56 Å². The van der Waals surface area contributed by atoms with E-state index in [-0.39, 0.29) is 11.9 Å². The number of aryl methyl sites for hydroxylation is 2. The molecule has 148 valence electrons. The van der Waals surface area contributed by atoms with Crippen LogP contribution in [0.2, 0.25) is 0 Å². The number of para-hydroxylation sites is 1. The van der Waals surface area contributed by atoms with E-state index in [9.17, 15) is 4.79 Å². The Balaban J connectivity index is 1.41. The molecule has 9 nitrogen and oxygen atoms in total. The molecule has 9 heteroatoms. The second kappa shape index (κ2) is 6.91. The molecule has 0 spiro atoms. The van der Waals surface area contributed by atoms with E-state index in [2.05, 4.69) is 30.3 Å². The first-order chi connectivity index (χ1) is 14.1. The molecule has 0 saturated carbocycles. The normalized spacial score (nSPS) is 20.9. The minimum absolute atomic E-state index is 0.00390. The highest BCUT2D eigenvalue weighted by Gasteiger charge is 2.41. The molecule has 2 aromatic heterocycles. The van der Waals surface area contributed by atoms with Gasteiger partial charge in [-0.05, 0) is 49.6 Å². The number of carbonyl (C=O) groups excluding carboxylic acids is 1. The molecule has 2 bridgehead atoms. The van der Waals surface area contributed by atoms with Gasteiger partial charge in [0.2, 0.25) is 5.95 Å². The van der Waals surface area contributed by atoms with Crippen molar-refractivity contribution in [3.8, 4) is 5.69 Å². The summed E-state index contributed by atoms with van der Waals surface area (Å²) in [5.74, 6) is 1.19. The maximum absolute atomic E-state index is 13.4. The Bertz CT molecular complexity index is 1030. The van der Waals surface area contributed by atoms with E-state index < -0.39 is 0 Å². The van der Waals surface area contributed by atoms with Gasteiger partial charge in [0.15, 0.2) is 6.33 Å². The Morgan fingerprint density at radius 2 is 1.86 bits per heavy atom. The highest BCUT2D eigenvalue weighted by atomic mass is 16.2. The first-order valence-electron chi connectivity index (χ1n) is 9.79. The number of piperidine rings is 1. The SMILES string of the molecule is Cc1cc(C)nc(N2CC3CC2CN(C(=O)c2ccccc2-n2ncnn2)C3)n1. The maximum atomic E-state index is 13.4. The summed E-state index contributed by atoms with van der Waals surface area (Å²) in [4.78, 5) is 28.2. The molecule has 1 amide bonds. The average Bonchev–Trinajstić information content (AvgIpc) is 3.34. The van der Waals surface area contributed by atoms with Crippen LogP contribution in [0.4, 0.5) is 5.95 Å². The van der Waals surface area contributed by atoms with Gasteiger partial charge in [-0.15, -0.1) is 15.0 Å². The van der Waals surface area contributed by atoms with Gasteiger partial charge in [-0.25, -0.2) is 9.97 Å². The lowest BCUT2D eigenvalue weighted by molar-refractivity contribution is 0.0694. The van der Waals surface area contributed by atoms with Crippen molar-refractivity contribution in [3.05, 3.63) is 53.6 Å². The van der Waals surface area contributed by atoms with Crippen molar-refractivity contribution < 1.29 is 4.79 Å². The second-order valence-corrected chi connectivity index (χ2v) is 7.81. The Labute approximate surface area is 168 Å². The van der Waals surface area contributed by atoms with Crippen LogP contribution in [0.1, 0.15) is 28.2 Å². The van der Waals surface area contributed by atoms with Crippen molar-refractivity contribution in [2.45, 2.75) is 26.3 Å². The number of hydrogen-bond donors (Lipinski definition) is 0. The largest absolute Gasteiger partial charge is 0.336 e. The molecular weight excluding hydrogens is 368 g/mol. The highest BCUT2D eigenvalue weighted by Crippen LogP contribution is 2.33. The van der Waals surface area contributed by atoms with E-state index >= 15 is 0 Å². The highest BCUT2D eigenvalue weighted by molar-refractivity contribution is 5.97. The molecule has 0 aliphatic carbocycles. The van der Waals surface area contributed by atoms with E-state index in [4.69, 9.17) is 0 Å². The van der Waals surface area contributed by atoms with Gasteiger partial charge in [-0.3, -0.25) is 4.79 Å². The number of benzene rings is 1. The van der Waals surface area contributed by atoms with Crippen molar-refractivity contribution in [1.82, 2.24) is 35.1 Å². The Morgan fingerprint density at radius 1 is 1.07 bits per heavy atom. The van der Waals surface area contributed by atoms with Gasteiger partial charge in [0.25, 0.3) is 5.91 Å². The monoisotopic (exact) mass is 390 g/mol. The number of rotatable bonds is 3. The van der Waals surface area contributed by atoms with Crippen LogP contribution in [-0.4, -0.2) is 66.7 Å². The van der Waals surface area contributed by atoms with Gasteiger partial charge in [-0.1, -0.05) is 12.1 Å². The predicted molar refractivity (Wildman–Crippen MR) is 106 cm³/mol. The molecule has 2 atom stereocenters. The summed E-state index contributed by atoms with van der Waals surface area (Å²) in [6, 6.07) is 9.61. The van der Waals surface area contributed by atoms with Gasteiger partial charge < -0.3 is 9.80 Å². The fraction of sp³-hybridized carbons (Fsp3) is 0.400. The van der Waals surface area contributed by atoms with Crippen LogP contribution in [0.5, 0.6) is 0 Å². The quantitative estimate of drug-likeness (QED) is 0.668. The van der Waals surface area contributed by atoms with Crippen molar-refractivity contribution >= 4 is 11.9 Å². The third-order valence-corrected chi connectivity index (χ3v) is 5.62. The number of anilines is 1. The summed E-state index contributed by atoms with van der Waals surface area (Å²) in [6.45, 7) is 6.25. The summed E-state index contributed by atoms with van der Waals surface area (Å²) in [5, 5.41) is 11.8. The fourth-order valence-electron chi connectivity index (χ4n) is 4.48. The molecule has 0 N–H and O–H groups in total. The van der Waals surface area contributed by atoms with Crippen LogP contribution in [-0.2, 0) is 0 Å². The van der Waals surface area contributed by atoms with Gasteiger partial charge >= 0.3 is 0 Å². The molecule has 29 heavy (non-hydrogen) atoms. The zero-order valence-electron chi connectivity index (χ0n) is 16.4. The van der Waals surface area contributed by atoms with Gasteiger partial charge in [-0.2, -0.15) is 0 Å². The number of hydrogen-bond acceptors (Lipinski definition) is 7. The predicted octanol–water partition coefficient (Wildman–Crippen LogP) is 1.42. The summed E-state index contributed by atoms with van der Waals surface area (Å²) < 4.78 is 0. The molecule has 2 saturated heterocycles. The summed E-state index contributed by atoms with van der Waals surface area (Å²) in [5.41, 5.74) is 3.16. The lowest BCUT2D eigenvalue weighted by atomic mass is 9.99. The molecule has 5 rings (SSSR count). The van der Waals surface area contributed by atoms with E-state index in [0.717, 1.165) is 36.8 Å². The van der Waals surface area contributed by atoms with E-state index in [1.807, 2.05) is 49.1 Å². The summed E-state index contributed by atoms with van der Waals surface area (Å²) >= 11 is 0. The topological polar surface area (TPSA) is 92.9 Å². The molecule has 1 aromatic carbocycles. The smallest absolute Gasteiger partial charge is 0.256 e. The van der Waals surface area contributed by atoms with E-state index in [0.29, 0.717) is 23.7 Å². The molecular formula is C20H22N8O. The van der Waals surface area contributed by atoms with Crippen molar-refractivity contribution in [2.75, 3.05) is 24.5 Å². The zero-order chi connectivity index (χ0) is 20.0. The van der Waals surface area contributed by atoms with E-state index in [1.165, 1.54) is 11.1 Å².